The molecule has 3 N–H and O–H groups in total. The van der Waals surface area contributed by atoms with Crippen LogP contribution in [0.25, 0.3) is 0 Å². The van der Waals surface area contributed by atoms with E-state index in [1.807, 2.05) is 27.7 Å². The number of amides is 2. The van der Waals surface area contributed by atoms with Gasteiger partial charge in [0.15, 0.2) is 0 Å². The second kappa shape index (κ2) is 9.52. The summed E-state index contributed by atoms with van der Waals surface area (Å²) in [6, 6.07) is 12.8. The highest BCUT2D eigenvalue weighted by molar-refractivity contribution is 7.90. The maximum Gasteiger partial charge on any atom is 0.263 e. The summed E-state index contributed by atoms with van der Waals surface area (Å²) in [5.74, 6) is -0.409. The fraction of sp³-hybridized carbons (Fsp3) is 0.348. The Bertz CT molecular complexity index is 1140. The van der Waals surface area contributed by atoms with E-state index >= 15 is 0 Å². The SMILES string of the molecule is CC(C)NC(=O)Cc1ccc(NC(=O)[C@@H](N=C2NS(=O)(=O)c3ccccc32)C(C)C)cc1. The number of sulfonamides is 1. The lowest BCUT2D eigenvalue weighted by Crippen LogP contribution is -2.34. The predicted molar refractivity (Wildman–Crippen MR) is 124 cm³/mol. The van der Waals surface area contributed by atoms with E-state index in [4.69, 9.17) is 0 Å². The van der Waals surface area contributed by atoms with Crippen LogP contribution >= 0.6 is 0 Å². The van der Waals surface area contributed by atoms with Gasteiger partial charge >= 0.3 is 0 Å². The summed E-state index contributed by atoms with van der Waals surface area (Å²) < 4.78 is 27.1. The highest BCUT2D eigenvalue weighted by Crippen LogP contribution is 2.24. The second-order valence-corrected chi connectivity index (χ2v) is 10.0. The number of nitrogens with one attached hydrogen (secondary N) is 3. The van der Waals surface area contributed by atoms with Gasteiger partial charge in [-0.1, -0.05) is 38.1 Å². The Kier molecular flexibility index (Phi) is 6.98. The molecule has 2 aromatic rings. The molecule has 1 heterocycles. The van der Waals surface area contributed by atoms with E-state index < -0.39 is 16.1 Å². The molecule has 0 fully saturated rings. The van der Waals surface area contributed by atoms with Crippen molar-refractivity contribution in [3.8, 4) is 0 Å². The van der Waals surface area contributed by atoms with Crippen LogP contribution in [0.4, 0.5) is 5.69 Å². The van der Waals surface area contributed by atoms with Gasteiger partial charge in [0.25, 0.3) is 10.0 Å². The van der Waals surface area contributed by atoms with Crippen LogP contribution in [-0.2, 0) is 26.0 Å². The van der Waals surface area contributed by atoms with Gasteiger partial charge in [0.2, 0.25) is 11.8 Å². The highest BCUT2D eigenvalue weighted by Gasteiger charge is 2.32. The molecule has 0 radical (unpaired) electrons. The number of anilines is 1. The molecule has 8 nitrogen and oxygen atoms in total. The van der Waals surface area contributed by atoms with Crippen LogP contribution in [0.1, 0.15) is 38.8 Å². The van der Waals surface area contributed by atoms with Crippen LogP contribution in [0.2, 0.25) is 0 Å². The van der Waals surface area contributed by atoms with Crippen molar-refractivity contribution >= 4 is 33.4 Å². The molecule has 9 heteroatoms. The zero-order chi connectivity index (χ0) is 23.5. The van der Waals surface area contributed by atoms with E-state index in [9.17, 15) is 18.0 Å². The van der Waals surface area contributed by atoms with E-state index in [-0.39, 0.29) is 40.9 Å². The van der Waals surface area contributed by atoms with Gasteiger partial charge in [-0.05, 0) is 49.6 Å². The maximum absolute atomic E-state index is 12.9. The van der Waals surface area contributed by atoms with E-state index in [0.29, 0.717) is 11.3 Å². The minimum absolute atomic E-state index is 0.0632. The van der Waals surface area contributed by atoms with Crippen molar-refractivity contribution in [1.29, 1.82) is 0 Å². The van der Waals surface area contributed by atoms with Gasteiger partial charge in [0.05, 0.1) is 11.3 Å². The molecule has 2 aromatic carbocycles. The Hall–Kier alpha value is -3.20. The van der Waals surface area contributed by atoms with Gasteiger partial charge in [-0.2, -0.15) is 0 Å². The Balaban J connectivity index is 1.74. The molecular weight excluding hydrogens is 428 g/mol. The second-order valence-electron chi connectivity index (χ2n) is 8.35. The number of hydrogen-bond donors (Lipinski definition) is 3. The van der Waals surface area contributed by atoms with E-state index in [1.54, 1.807) is 42.5 Å². The first kappa shape index (κ1) is 23.5. The van der Waals surface area contributed by atoms with Crippen molar-refractivity contribution in [2.45, 2.75) is 51.1 Å². The Labute approximate surface area is 188 Å². The van der Waals surface area contributed by atoms with Crippen LogP contribution in [0.3, 0.4) is 0 Å². The molecule has 1 aliphatic heterocycles. The lowest BCUT2D eigenvalue weighted by Gasteiger charge is -2.17. The Morgan fingerprint density at radius 3 is 2.28 bits per heavy atom. The number of fused-ring (bicyclic) bond motifs is 1. The summed E-state index contributed by atoms with van der Waals surface area (Å²) in [6.45, 7) is 7.50. The van der Waals surface area contributed by atoms with Crippen molar-refractivity contribution in [3.05, 3.63) is 59.7 Å². The van der Waals surface area contributed by atoms with Gasteiger partial charge in [-0.25, -0.2) is 8.42 Å². The van der Waals surface area contributed by atoms with Gasteiger partial charge in [0, 0.05) is 17.3 Å². The molecule has 0 aliphatic carbocycles. The first-order chi connectivity index (χ1) is 15.1. The third kappa shape index (κ3) is 5.53. The largest absolute Gasteiger partial charge is 0.354 e. The molecule has 3 rings (SSSR count). The van der Waals surface area contributed by atoms with E-state index in [0.717, 1.165) is 5.56 Å². The number of carbonyl (C=O) groups is 2. The molecule has 1 atom stereocenters. The zero-order valence-corrected chi connectivity index (χ0v) is 19.4. The van der Waals surface area contributed by atoms with Gasteiger partial charge in [-0.3, -0.25) is 19.3 Å². The monoisotopic (exact) mass is 456 g/mol. The van der Waals surface area contributed by atoms with Gasteiger partial charge in [0.1, 0.15) is 11.9 Å². The molecule has 1 aliphatic rings. The Morgan fingerprint density at radius 1 is 1.00 bits per heavy atom. The first-order valence-electron chi connectivity index (χ1n) is 10.5. The smallest absolute Gasteiger partial charge is 0.263 e. The quantitative estimate of drug-likeness (QED) is 0.593. The summed E-state index contributed by atoms with van der Waals surface area (Å²) in [6.07, 6.45) is 0.258. The minimum atomic E-state index is -3.68. The zero-order valence-electron chi connectivity index (χ0n) is 18.5. The standard InChI is InChI=1S/C23H28N4O4S/c1-14(2)21(26-22-18-7-5-6-8-19(18)32(30,31)27-22)23(29)25-17-11-9-16(10-12-17)13-20(28)24-15(3)4/h5-12,14-15,21H,13H2,1-4H3,(H,24,28)(H,25,29)(H,26,27)/t21-/m0/s1. The van der Waals surface area contributed by atoms with Gasteiger partial charge < -0.3 is 10.6 Å². The third-order valence-corrected chi connectivity index (χ3v) is 6.26. The normalized spacial score (nSPS) is 16.5. The molecule has 0 unspecified atom stereocenters. The number of aliphatic imine (C=N–C) groups is 1. The van der Waals surface area contributed by atoms with Crippen molar-refractivity contribution in [2.75, 3.05) is 5.32 Å². The summed E-state index contributed by atoms with van der Waals surface area (Å²) in [5, 5.41) is 5.67. The van der Waals surface area contributed by atoms with Crippen LogP contribution < -0.4 is 15.4 Å². The molecular formula is C23H28N4O4S. The summed E-state index contributed by atoms with van der Waals surface area (Å²) in [7, 11) is -3.68. The third-order valence-electron chi connectivity index (χ3n) is 4.87. The summed E-state index contributed by atoms with van der Waals surface area (Å²) in [5.41, 5.74) is 1.86. The van der Waals surface area contributed by atoms with Crippen LogP contribution in [0, 0.1) is 5.92 Å². The predicted octanol–water partition coefficient (Wildman–Crippen LogP) is 2.46. The van der Waals surface area contributed by atoms with E-state index in [2.05, 4.69) is 20.3 Å². The molecule has 170 valence electrons. The van der Waals surface area contributed by atoms with Crippen LogP contribution in [-0.4, -0.2) is 38.2 Å². The van der Waals surface area contributed by atoms with Crippen molar-refractivity contribution in [2.24, 2.45) is 10.9 Å². The molecule has 32 heavy (non-hydrogen) atoms. The average Bonchev–Trinajstić information content (AvgIpc) is 2.97. The number of rotatable bonds is 7. The lowest BCUT2D eigenvalue weighted by atomic mass is 10.0. The molecule has 2 amide bonds. The molecule has 0 bridgehead atoms. The summed E-state index contributed by atoms with van der Waals surface area (Å²) >= 11 is 0. The highest BCUT2D eigenvalue weighted by atomic mass is 32.2. The number of hydrogen-bond acceptors (Lipinski definition) is 5. The van der Waals surface area contributed by atoms with Crippen LogP contribution in [0.15, 0.2) is 58.4 Å². The average molecular weight is 457 g/mol. The molecule has 0 saturated carbocycles. The van der Waals surface area contributed by atoms with Crippen LogP contribution in [0.5, 0.6) is 0 Å². The minimum Gasteiger partial charge on any atom is -0.354 e. The number of carbonyl (C=O) groups excluding carboxylic acids is 2. The first-order valence-corrected chi connectivity index (χ1v) is 11.9. The Morgan fingerprint density at radius 2 is 1.66 bits per heavy atom. The van der Waals surface area contributed by atoms with Crippen molar-refractivity contribution < 1.29 is 18.0 Å². The molecule has 0 saturated heterocycles. The lowest BCUT2D eigenvalue weighted by molar-refractivity contribution is -0.121. The fourth-order valence-electron chi connectivity index (χ4n) is 3.36. The van der Waals surface area contributed by atoms with Crippen molar-refractivity contribution in [3.63, 3.8) is 0 Å². The number of benzene rings is 2. The van der Waals surface area contributed by atoms with Gasteiger partial charge in [-0.15, -0.1) is 0 Å². The number of amidine groups is 1. The summed E-state index contributed by atoms with van der Waals surface area (Å²) in [4.78, 5) is 29.4. The van der Waals surface area contributed by atoms with Crippen molar-refractivity contribution in [1.82, 2.24) is 10.0 Å². The topological polar surface area (TPSA) is 117 Å². The maximum atomic E-state index is 12.9. The fourth-order valence-corrected chi connectivity index (χ4v) is 4.60. The van der Waals surface area contributed by atoms with E-state index in [1.165, 1.54) is 6.07 Å². The molecule has 0 spiro atoms. The molecule has 0 aromatic heterocycles. The number of nitrogens with zero attached hydrogens (tertiary/aromatic N) is 1.